The first kappa shape index (κ1) is 25.3. The lowest BCUT2D eigenvalue weighted by molar-refractivity contribution is 0.00578. The molecule has 4 nitrogen and oxygen atoms in total. The Morgan fingerprint density at radius 3 is 2.14 bits per heavy atom. The second-order valence-corrected chi connectivity index (χ2v) is 13.8. The molecule has 0 unspecified atom stereocenters. The van der Waals surface area contributed by atoms with E-state index in [0.29, 0.717) is 0 Å². The molecule has 1 aliphatic rings. The van der Waals surface area contributed by atoms with Crippen LogP contribution in [0.25, 0.3) is 69.5 Å². The Bertz CT molecular complexity index is 2400. The summed E-state index contributed by atoms with van der Waals surface area (Å²) in [6.07, 6.45) is 2.28. The van der Waals surface area contributed by atoms with Crippen molar-refractivity contribution in [2.75, 3.05) is 0 Å². The minimum Gasteiger partial charge on any atom is -0.399 e. The van der Waals surface area contributed by atoms with Crippen LogP contribution in [-0.2, 0) is 9.31 Å². The summed E-state index contributed by atoms with van der Waals surface area (Å²) in [5.41, 5.74) is 5.78. The zero-order valence-corrected chi connectivity index (χ0v) is 25.3. The quantitative estimate of drug-likeness (QED) is 0.193. The third-order valence-corrected chi connectivity index (χ3v) is 10.8. The molecular weight excluding hydrogens is 547 g/mol. The highest BCUT2D eigenvalue weighted by molar-refractivity contribution is 7.26. The van der Waals surface area contributed by atoms with Crippen molar-refractivity contribution in [2.45, 2.75) is 38.9 Å². The fraction of sp³-hybridized carbons (Fsp3) is 0.162. The molecule has 1 fully saturated rings. The van der Waals surface area contributed by atoms with Crippen LogP contribution in [-0.4, -0.2) is 27.7 Å². The maximum Gasteiger partial charge on any atom is 0.494 e. The number of hydrogen-bond donors (Lipinski definition) is 0. The predicted octanol–water partition coefficient (Wildman–Crippen LogP) is 9.13. The van der Waals surface area contributed by atoms with Gasteiger partial charge in [0.1, 0.15) is 0 Å². The van der Waals surface area contributed by atoms with Crippen molar-refractivity contribution >= 4 is 82.3 Å². The lowest BCUT2D eigenvalue weighted by Gasteiger charge is -2.32. The van der Waals surface area contributed by atoms with Gasteiger partial charge in [0.05, 0.1) is 26.9 Å². The number of imidazole rings is 1. The Hall–Kier alpha value is -4.23. The molecule has 4 heterocycles. The van der Waals surface area contributed by atoms with Crippen LogP contribution in [0, 0.1) is 0 Å². The third-order valence-electron chi connectivity index (χ3n) is 9.62. The second-order valence-electron chi connectivity index (χ2n) is 12.7. The Kier molecular flexibility index (Phi) is 5.10. The zero-order valence-electron chi connectivity index (χ0n) is 24.5. The summed E-state index contributed by atoms with van der Waals surface area (Å²) < 4.78 is 17.5. The Balaban J connectivity index is 1.32. The van der Waals surface area contributed by atoms with Gasteiger partial charge in [-0.25, -0.2) is 4.98 Å². The average Bonchev–Trinajstić information content (AvgIpc) is 3.64. The first-order chi connectivity index (χ1) is 20.8. The first-order valence-electron chi connectivity index (χ1n) is 14.8. The van der Waals surface area contributed by atoms with Crippen LogP contribution in [0.3, 0.4) is 0 Å². The second kappa shape index (κ2) is 8.67. The van der Waals surface area contributed by atoms with E-state index < -0.39 is 0 Å². The van der Waals surface area contributed by atoms with Crippen LogP contribution >= 0.6 is 11.3 Å². The fourth-order valence-electron chi connectivity index (χ4n) is 6.54. The Morgan fingerprint density at radius 1 is 0.721 bits per heavy atom. The van der Waals surface area contributed by atoms with Crippen molar-refractivity contribution in [1.29, 1.82) is 0 Å². The van der Waals surface area contributed by atoms with E-state index >= 15 is 0 Å². The van der Waals surface area contributed by atoms with Gasteiger partial charge in [-0.15, -0.1) is 11.3 Å². The van der Waals surface area contributed by atoms with Crippen molar-refractivity contribution in [3.8, 4) is 11.1 Å². The molecule has 0 radical (unpaired) electrons. The van der Waals surface area contributed by atoms with E-state index in [0.717, 1.165) is 27.7 Å². The molecule has 43 heavy (non-hydrogen) atoms. The van der Waals surface area contributed by atoms with E-state index in [4.69, 9.17) is 14.3 Å². The van der Waals surface area contributed by atoms with Crippen LogP contribution in [0.4, 0.5) is 0 Å². The minimum atomic E-state index is -0.388. The summed E-state index contributed by atoms with van der Waals surface area (Å²) in [6, 6.07) is 34.9. The highest BCUT2D eigenvalue weighted by Gasteiger charge is 2.51. The number of aromatic nitrogens is 2. The molecule has 0 spiro atoms. The molecule has 8 aromatic rings. The molecule has 0 N–H and O–H groups in total. The number of hydrogen-bond acceptors (Lipinski definition) is 4. The normalized spacial score (nSPS) is 16.5. The van der Waals surface area contributed by atoms with E-state index in [-0.39, 0.29) is 18.3 Å². The van der Waals surface area contributed by atoms with Gasteiger partial charge in [-0.3, -0.25) is 4.40 Å². The van der Waals surface area contributed by atoms with Crippen molar-refractivity contribution in [2.24, 2.45) is 0 Å². The fourth-order valence-corrected chi connectivity index (χ4v) is 7.77. The van der Waals surface area contributed by atoms with Crippen LogP contribution in [0.1, 0.15) is 27.7 Å². The largest absolute Gasteiger partial charge is 0.494 e. The van der Waals surface area contributed by atoms with Crippen LogP contribution in [0.5, 0.6) is 0 Å². The molecule has 5 aromatic carbocycles. The molecule has 0 amide bonds. The van der Waals surface area contributed by atoms with Gasteiger partial charge in [0, 0.05) is 32.6 Å². The highest BCUT2D eigenvalue weighted by Crippen LogP contribution is 2.44. The van der Waals surface area contributed by atoms with Gasteiger partial charge >= 0.3 is 7.12 Å². The van der Waals surface area contributed by atoms with E-state index in [9.17, 15) is 0 Å². The van der Waals surface area contributed by atoms with Gasteiger partial charge in [0.25, 0.3) is 0 Å². The first-order valence-corrected chi connectivity index (χ1v) is 15.6. The van der Waals surface area contributed by atoms with Crippen LogP contribution < -0.4 is 5.46 Å². The summed E-state index contributed by atoms with van der Waals surface area (Å²) in [5, 5.41) is 7.40. The summed E-state index contributed by atoms with van der Waals surface area (Å²) >= 11 is 1.84. The molecule has 0 atom stereocenters. The van der Waals surface area contributed by atoms with Gasteiger partial charge in [-0.1, -0.05) is 78.9 Å². The Morgan fingerprint density at radius 2 is 1.40 bits per heavy atom. The van der Waals surface area contributed by atoms with E-state index in [1.807, 2.05) is 11.3 Å². The van der Waals surface area contributed by atoms with Crippen molar-refractivity contribution in [3.63, 3.8) is 0 Å². The van der Waals surface area contributed by atoms with E-state index in [2.05, 4.69) is 135 Å². The van der Waals surface area contributed by atoms with Crippen molar-refractivity contribution in [1.82, 2.24) is 9.38 Å². The lowest BCUT2D eigenvalue weighted by Crippen LogP contribution is -2.41. The van der Waals surface area contributed by atoms with Crippen LogP contribution in [0.15, 0.2) is 103 Å². The lowest BCUT2D eigenvalue weighted by atomic mass is 9.78. The maximum atomic E-state index is 6.35. The van der Waals surface area contributed by atoms with Gasteiger partial charge in [0.2, 0.25) is 0 Å². The number of pyridine rings is 1. The number of rotatable bonds is 2. The number of benzene rings is 5. The average molecular weight is 577 g/mol. The third kappa shape index (κ3) is 3.61. The summed E-state index contributed by atoms with van der Waals surface area (Å²) in [6.45, 7) is 8.38. The SMILES string of the molecule is CC1(C)OB(c2ccc(-c3cn4c5ccc6ccccc6c5nc4c4sc5cc6ccccc6cc5c34)cc2)OC1(C)C. The Labute approximate surface area is 253 Å². The standard InChI is InChI=1S/C37H29BN2O2S/c1-36(2)37(3,4)42-38(41-36)26-16-13-23(14-17-26)29-21-40-30-18-15-22-9-7-8-12-27(22)33(30)39-35(40)34-32(29)28-19-24-10-5-6-11-25(24)20-31(28)43-34/h5-21H,1-4H3. The molecule has 0 saturated carbocycles. The van der Waals surface area contributed by atoms with Crippen LogP contribution in [0.2, 0.25) is 0 Å². The van der Waals surface area contributed by atoms with Crippen molar-refractivity contribution < 1.29 is 9.31 Å². The van der Waals surface area contributed by atoms with E-state index in [1.165, 1.54) is 47.3 Å². The minimum absolute atomic E-state index is 0.376. The highest BCUT2D eigenvalue weighted by atomic mass is 32.1. The van der Waals surface area contributed by atoms with E-state index in [1.54, 1.807) is 0 Å². The molecule has 9 rings (SSSR count). The molecule has 0 aliphatic carbocycles. The summed E-state index contributed by atoms with van der Waals surface area (Å²) in [4.78, 5) is 5.30. The van der Waals surface area contributed by atoms with Gasteiger partial charge in [-0.2, -0.15) is 0 Å². The van der Waals surface area contributed by atoms with Crippen molar-refractivity contribution in [3.05, 3.63) is 103 Å². The molecule has 3 aromatic heterocycles. The zero-order chi connectivity index (χ0) is 29.1. The monoisotopic (exact) mass is 576 g/mol. The summed E-state index contributed by atoms with van der Waals surface area (Å²) in [7, 11) is -0.388. The van der Waals surface area contributed by atoms with Gasteiger partial charge < -0.3 is 9.31 Å². The van der Waals surface area contributed by atoms with Gasteiger partial charge in [-0.05, 0) is 73.1 Å². The molecule has 6 heteroatoms. The smallest absolute Gasteiger partial charge is 0.399 e. The maximum absolute atomic E-state index is 6.35. The molecule has 208 valence electrons. The topological polar surface area (TPSA) is 35.8 Å². The van der Waals surface area contributed by atoms with Gasteiger partial charge in [0.15, 0.2) is 5.65 Å². The predicted molar refractivity (Wildman–Crippen MR) is 182 cm³/mol. The molecular formula is C37H29BN2O2S. The number of nitrogens with zero attached hydrogens (tertiary/aromatic N) is 2. The number of thiophene rings is 1. The molecule has 0 bridgehead atoms. The summed E-state index contributed by atoms with van der Waals surface area (Å²) in [5.74, 6) is 0. The molecule has 1 saturated heterocycles. The molecule has 1 aliphatic heterocycles. The number of fused-ring (bicyclic) bond motifs is 10.